The van der Waals surface area contributed by atoms with Crippen LogP contribution in [0.15, 0.2) is 24.3 Å². The zero-order chi connectivity index (χ0) is 13.3. The second-order valence-corrected chi connectivity index (χ2v) is 4.31. The van der Waals surface area contributed by atoms with Crippen LogP contribution in [0.2, 0.25) is 0 Å². The Kier molecular flexibility index (Phi) is 3.56. The fourth-order valence-corrected chi connectivity index (χ4v) is 1.93. The first-order valence-electron chi connectivity index (χ1n) is 5.31. The van der Waals surface area contributed by atoms with Crippen molar-refractivity contribution in [2.75, 3.05) is 5.88 Å². The van der Waals surface area contributed by atoms with E-state index in [4.69, 9.17) is 16.7 Å². The molecule has 0 fully saturated rings. The van der Waals surface area contributed by atoms with Gasteiger partial charge >= 0.3 is 5.97 Å². The molecule has 0 radical (unpaired) electrons. The third-order valence-electron chi connectivity index (χ3n) is 2.74. The molecule has 2 rings (SSSR count). The standard InChI is InChI=1S/C12H12ClNO4/c13-5-10(15)11(16)6-1-2-8-7(3-6)4-9(14-8)12(17)18/h1-4,10-11,14-16H,5H2,(H,17,18). The quantitative estimate of drug-likeness (QED) is 0.633. The number of benzene rings is 1. The average Bonchev–Trinajstić information content (AvgIpc) is 2.79. The van der Waals surface area contributed by atoms with Crippen LogP contribution in [0.3, 0.4) is 0 Å². The van der Waals surface area contributed by atoms with Gasteiger partial charge in [-0.05, 0) is 23.8 Å². The zero-order valence-corrected chi connectivity index (χ0v) is 10.1. The first-order valence-corrected chi connectivity index (χ1v) is 5.84. The van der Waals surface area contributed by atoms with Crippen molar-refractivity contribution < 1.29 is 20.1 Å². The van der Waals surface area contributed by atoms with Crippen LogP contribution in [0, 0.1) is 0 Å². The zero-order valence-electron chi connectivity index (χ0n) is 9.30. The summed E-state index contributed by atoms with van der Waals surface area (Å²) in [5.41, 5.74) is 1.23. The predicted molar refractivity (Wildman–Crippen MR) is 66.9 cm³/mol. The lowest BCUT2D eigenvalue weighted by atomic mass is 10.0. The number of hydrogen-bond acceptors (Lipinski definition) is 3. The molecule has 2 aromatic rings. The van der Waals surface area contributed by atoms with E-state index in [0.717, 1.165) is 0 Å². The number of carbonyl (C=O) groups is 1. The summed E-state index contributed by atoms with van der Waals surface area (Å²) in [7, 11) is 0. The van der Waals surface area contributed by atoms with Crippen LogP contribution >= 0.6 is 11.6 Å². The Balaban J connectivity index is 2.40. The molecule has 1 aromatic carbocycles. The number of aromatic nitrogens is 1. The summed E-state index contributed by atoms with van der Waals surface area (Å²) in [6.07, 6.45) is -2.14. The second kappa shape index (κ2) is 4.97. The van der Waals surface area contributed by atoms with E-state index in [9.17, 15) is 15.0 Å². The van der Waals surface area contributed by atoms with Crippen molar-refractivity contribution >= 4 is 28.5 Å². The van der Waals surface area contributed by atoms with Gasteiger partial charge in [0.15, 0.2) is 0 Å². The predicted octanol–water partition coefficient (Wildman–Crippen LogP) is 1.50. The molecule has 1 heterocycles. The molecular weight excluding hydrogens is 258 g/mol. The van der Waals surface area contributed by atoms with Crippen molar-refractivity contribution in [3.63, 3.8) is 0 Å². The van der Waals surface area contributed by atoms with Crippen molar-refractivity contribution in [2.45, 2.75) is 12.2 Å². The Morgan fingerprint density at radius 2 is 2.06 bits per heavy atom. The summed E-state index contributed by atoms with van der Waals surface area (Å²) in [4.78, 5) is 13.5. The maximum Gasteiger partial charge on any atom is 0.352 e. The Morgan fingerprint density at radius 1 is 1.33 bits per heavy atom. The smallest absolute Gasteiger partial charge is 0.352 e. The van der Waals surface area contributed by atoms with Gasteiger partial charge in [0.05, 0.1) is 12.0 Å². The molecule has 0 saturated carbocycles. The van der Waals surface area contributed by atoms with Gasteiger partial charge < -0.3 is 20.3 Å². The average molecular weight is 270 g/mol. The van der Waals surface area contributed by atoms with E-state index < -0.39 is 18.2 Å². The van der Waals surface area contributed by atoms with Crippen LogP contribution in [0.1, 0.15) is 22.2 Å². The lowest BCUT2D eigenvalue weighted by molar-refractivity contribution is 0.0328. The van der Waals surface area contributed by atoms with Gasteiger partial charge in [-0.1, -0.05) is 6.07 Å². The molecule has 0 aliphatic heterocycles. The maximum absolute atomic E-state index is 10.8. The minimum Gasteiger partial charge on any atom is -0.477 e. The molecule has 0 aliphatic carbocycles. The molecule has 1 aromatic heterocycles. The summed E-state index contributed by atoms with van der Waals surface area (Å²) in [6, 6.07) is 6.37. The highest BCUT2D eigenvalue weighted by molar-refractivity contribution is 6.18. The number of aromatic carboxylic acids is 1. The van der Waals surface area contributed by atoms with Gasteiger partial charge in [0.1, 0.15) is 11.8 Å². The highest BCUT2D eigenvalue weighted by Crippen LogP contribution is 2.23. The Bertz CT molecular complexity index is 580. The SMILES string of the molecule is O=C(O)c1cc2cc(C(O)C(O)CCl)ccc2[nH]1. The van der Waals surface area contributed by atoms with Gasteiger partial charge in [0.25, 0.3) is 0 Å². The minimum absolute atomic E-state index is 0.0767. The van der Waals surface area contributed by atoms with Crippen LogP contribution < -0.4 is 0 Å². The molecule has 2 atom stereocenters. The molecule has 5 nitrogen and oxygen atoms in total. The van der Waals surface area contributed by atoms with E-state index in [-0.39, 0.29) is 11.6 Å². The molecule has 0 amide bonds. The van der Waals surface area contributed by atoms with Crippen molar-refractivity contribution in [3.05, 3.63) is 35.5 Å². The Hall–Kier alpha value is -1.56. The fraction of sp³-hybridized carbons (Fsp3) is 0.250. The Labute approximate surface area is 108 Å². The summed E-state index contributed by atoms with van der Waals surface area (Å²) in [5.74, 6) is -1.12. The summed E-state index contributed by atoms with van der Waals surface area (Å²) in [6.45, 7) is 0. The van der Waals surface area contributed by atoms with Crippen LogP contribution in [0.5, 0.6) is 0 Å². The normalized spacial score (nSPS) is 14.6. The monoisotopic (exact) mass is 269 g/mol. The summed E-state index contributed by atoms with van der Waals surface area (Å²) < 4.78 is 0. The van der Waals surface area contributed by atoms with Gasteiger partial charge in [-0.25, -0.2) is 4.79 Å². The third-order valence-corrected chi connectivity index (χ3v) is 3.06. The molecule has 0 bridgehead atoms. The molecule has 4 N–H and O–H groups in total. The molecule has 96 valence electrons. The van der Waals surface area contributed by atoms with Gasteiger partial charge in [0.2, 0.25) is 0 Å². The number of carboxylic acids is 1. The number of alkyl halides is 1. The summed E-state index contributed by atoms with van der Waals surface area (Å²) >= 11 is 5.47. The first kappa shape index (κ1) is 12.9. The van der Waals surface area contributed by atoms with E-state index in [1.165, 1.54) is 6.07 Å². The topological polar surface area (TPSA) is 93.6 Å². The van der Waals surface area contributed by atoms with E-state index in [0.29, 0.717) is 16.5 Å². The molecule has 2 unspecified atom stereocenters. The Morgan fingerprint density at radius 3 is 2.67 bits per heavy atom. The number of aliphatic hydroxyl groups is 2. The molecule has 0 aliphatic rings. The number of hydrogen-bond donors (Lipinski definition) is 4. The largest absolute Gasteiger partial charge is 0.477 e. The van der Waals surface area contributed by atoms with Crippen LogP contribution in [-0.4, -0.2) is 38.3 Å². The minimum atomic E-state index is -1.09. The maximum atomic E-state index is 10.8. The lowest BCUT2D eigenvalue weighted by Gasteiger charge is -2.15. The van der Waals surface area contributed by atoms with E-state index in [1.807, 2.05) is 0 Å². The van der Waals surface area contributed by atoms with Crippen LogP contribution in [0.25, 0.3) is 10.9 Å². The van der Waals surface area contributed by atoms with E-state index in [2.05, 4.69) is 4.98 Å². The van der Waals surface area contributed by atoms with Gasteiger partial charge in [-0.2, -0.15) is 0 Å². The molecular formula is C12H12ClNO4. The van der Waals surface area contributed by atoms with Crippen LogP contribution in [0.4, 0.5) is 0 Å². The van der Waals surface area contributed by atoms with Crippen molar-refractivity contribution in [3.8, 4) is 0 Å². The number of rotatable bonds is 4. The fourth-order valence-electron chi connectivity index (χ4n) is 1.76. The number of nitrogens with one attached hydrogen (secondary N) is 1. The molecule has 0 spiro atoms. The van der Waals surface area contributed by atoms with Crippen molar-refractivity contribution in [2.24, 2.45) is 0 Å². The van der Waals surface area contributed by atoms with Gasteiger partial charge in [0, 0.05) is 10.9 Å². The van der Waals surface area contributed by atoms with E-state index >= 15 is 0 Å². The summed E-state index contributed by atoms with van der Waals surface area (Å²) in [5, 5.41) is 28.8. The van der Waals surface area contributed by atoms with Crippen LogP contribution in [-0.2, 0) is 0 Å². The lowest BCUT2D eigenvalue weighted by Crippen LogP contribution is -2.19. The number of aromatic amines is 1. The van der Waals surface area contributed by atoms with Crippen molar-refractivity contribution in [1.82, 2.24) is 4.98 Å². The highest BCUT2D eigenvalue weighted by Gasteiger charge is 2.18. The molecule has 0 saturated heterocycles. The van der Waals surface area contributed by atoms with E-state index in [1.54, 1.807) is 18.2 Å². The number of fused-ring (bicyclic) bond motifs is 1. The third kappa shape index (κ3) is 2.33. The number of aliphatic hydroxyl groups excluding tert-OH is 2. The number of carboxylic acid groups (broad SMARTS) is 1. The molecule has 18 heavy (non-hydrogen) atoms. The molecule has 6 heteroatoms. The highest BCUT2D eigenvalue weighted by atomic mass is 35.5. The van der Waals surface area contributed by atoms with Crippen molar-refractivity contribution in [1.29, 1.82) is 0 Å². The second-order valence-electron chi connectivity index (χ2n) is 4.00. The first-order chi connectivity index (χ1) is 8.52. The number of H-pyrrole nitrogens is 1. The number of halogens is 1. The van der Waals surface area contributed by atoms with Gasteiger partial charge in [-0.15, -0.1) is 11.6 Å². The van der Waals surface area contributed by atoms with Gasteiger partial charge in [-0.3, -0.25) is 0 Å².